The van der Waals surface area contributed by atoms with E-state index in [4.69, 9.17) is 5.73 Å². The van der Waals surface area contributed by atoms with E-state index in [2.05, 4.69) is 9.47 Å². The highest BCUT2D eigenvalue weighted by Crippen LogP contribution is 2.18. The Balaban J connectivity index is 2.91. The Bertz CT molecular complexity index is 350. The van der Waals surface area contributed by atoms with E-state index >= 15 is 0 Å². The van der Waals surface area contributed by atoms with Crippen molar-refractivity contribution in [3.8, 4) is 0 Å². The predicted octanol–water partition coefficient (Wildman–Crippen LogP) is 0.996. The monoisotopic (exact) mass is 209 g/mol. The average molecular weight is 209 g/mol. The first kappa shape index (κ1) is 11.0. The summed E-state index contributed by atoms with van der Waals surface area (Å²) in [5.74, 6) is -0.667. The summed E-state index contributed by atoms with van der Waals surface area (Å²) in [7, 11) is 1.21. The fourth-order valence-corrected chi connectivity index (χ4v) is 1.10. The fourth-order valence-electron chi connectivity index (χ4n) is 1.10. The molecule has 0 aromatic heterocycles. The van der Waals surface area contributed by atoms with E-state index in [0.717, 1.165) is 0 Å². The molecule has 15 heavy (non-hydrogen) atoms. The van der Waals surface area contributed by atoms with Crippen molar-refractivity contribution in [1.29, 1.82) is 0 Å². The molecule has 0 fully saturated rings. The number of amides is 1. The number of rotatable bonds is 3. The van der Waals surface area contributed by atoms with E-state index in [9.17, 15) is 9.59 Å². The standard InChI is InChI=1S/C10H11NO4/c1-14-9(12)8(15-10(11)13)7-5-3-2-4-6-7/h2-6,8H,1H3,(H2,11,13). The lowest BCUT2D eigenvalue weighted by atomic mass is 10.1. The van der Waals surface area contributed by atoms with Gasteiger partial charge in [0, 0.05) is 5.56 Å². The lowest BCUT2D eigenvalue weighted by Crippen LogP contribution is -2.24. The van der Waals surface area contributed by atoms with Gasteiger partial charge in [0.05, 0.1) is 7.11 Å². The molecule has 0 aliphatic rings. The molecule has 2 N–H and O–H groups in total. The minimum Gasteiger partial charge on any atom is -0.466 e. The second kappa shape index (κ2) is 4.99. The number of nitrogens with two attached hydrogens (primary N) is 1. The maximum atomic E-state index is 11.3. The Kier molecular flexibility index (Phi) is 3.68. The number of primary amides is 1. The number of hydrogen-bond donors (Lipinski definition) is 1. The number of methoxy groups -OCH3 is 1. The van der Waals surface area contributed by atoms with Crippen molar-refractivity contribution in [1.82, 2.24) is 0 Å². The van der Waals surface area contributed by atoms with Crippen LogP contribution in [0.4, 0.5) is 4.79 Å². The Morgan fingerprint density at radius 2 is 1.87 bits per heavy atom. The molecule has 1 rings (SSSR count). The van der Waals surface area contributed by atoms with Gasteiger partial charge in [-0.05, 0) is 0 Å². The van der Waals surface area contributed by atoms with Crippen LogP contribution >= 0.6 is 0 Å². The number of ether oxygens (including phenoxy) is 2. The fraction of sp³-hybridized carbons (Fsp3) is 0.200. The SMILES string of the molecule is COC(=O)C(OC(N)=O)c1ccccc1. The average Bonchev–Trinajstić information content (AvgIpc) is 2.26. The Hall–Kier alpha value is -2.04. The minimum atomic E-state index is -1.10. The molecular formula is C10H11NO4. The molecule has 0 spiro atoms. The molecular weight excluding hydrogens is 198 g/mol. The number of carbonyl (C=O) groups excluding carboxylic acids is 2. The predicted molar refractivity (Wildman–Crippen MR) is 51.9 cm³/mol. The molecule has 1 aromatic carbocycles. The summed E-state index contributed by atoms with van der Waals surface area (Å²) in [6.07, 6.45) is -2.12. The van der Waals surface area contributed by atoms with Gasteiger partial charge >= 0.3 is 12.1 Å². The molecule has 5 heteroatoms. The molecule has 0 heterocycles. The van der Waals surface area contributed by atoms with Gasteiger partial charge in [-0.1, -0.05) is 30.3 Å². The molecule has 0 saturated heterocycles. The second-order valence-corrected chi connectivity index (χ2v) is 2.75. The molecule has 1 atom stereocenters. The molecule has 0 aliphatic carbocycles. The Morgan fingerprint density at radius 3 is 2.33 bits per heavy atom. The van der Waals surface area contributed by atoms with Gasteiger partial charge in [0.25, 0.3) is 0 Å². The topological polar surface area (TPSA) is 78.6 Å². The summed E-state index contributed by atoms with van der Waals surface area (Å²) in [5, 5.41) is 0. The first-order valence-electron chi connectivity index (χ1n) is 4.24. The van der Waals surface area contributed by atoms with E-state index in [1.54, 1.807) is 30.3 Å². The van der Waals surface area contributed by atoms with Crippen LogP contribution in [-0.2, 0) is 14.3 Å². The number of carbonyl (C=O) groups is 2. The van der Waals surface area contributed by atoms with E-state index in [0.29, 0.717) is 5.56 Å². The number of esters is 1. The van der Waals surface area contributed by atoms with Crippen molar-refractivity contribution in [2.75, 3.05) is 7.11 Å². The van der Waals surface area contributed by atoms with Gasteiger partial charge in [-0.25, -0.2) is 9.59 Å². The molecule has 1 unspecified atom stereocenters. The summed E-state index contributed by atoms with van der Waals surface area (Å²) >= 11 is 0. The third kappa shape index (κ3) is 2.98. The second-order valence-electron chi connectivity index (χ2n) is 2.75. The summed E-state index contributed by atoms with van der Waals surface area (Å²) < 4.78 is 9.15. The van der Waals surface area contributed by atoms with Gasteiger partial charge in [0.2, 0.25) is 6.10 Å². The van der Waals surface area contributed by atoms with E-state index in [1.165, 1.54) is 7.11 Å². The van der Waals surface area contributed by atoms with Crippen LogP contribution in [0.15, 0.2) is 30.3 Å². The highest BCUT2D eigenvalue weighted by molar-refractivity contribution is 5.79. The quantitative estimate of drug-likeness (QED) is 0.753. The van der Waals surface area contributed by atoms with Crippen LogP contribution in [0, 0.1) is 0 Å². The molecule has 0 bridgehead atoms. The number of benzene rings is 1. The summed E-state index contributed by atoms with van der Waals surface area (Å²) in [6, 6.07) is 8.50. The van der Waals surface area contributed by atoms with Crippen molar-refractivity contribution in [2.24, 2.45) is 5.73 Å². The lowest BCUT2D eigenvalue weighted by molar-refractivity contribution is -0.150. The van der Waals surface area contributed by atoms with Crippen LogP contribution in [0.3, 0.4) is 0 Å². The first-order valence-corrected chi connectivity index (χ1v) is 4.24. The van der Waals surface area contributed by atoms with Crippen LogP contribution in [0.5, 0.6) is 0 Å². The van der Waals surface area contributed by atoms with Gasteiger partial charge < -0.3 is 15.2 Å². The first-order chi connectivity index (χ1) is 7.15. The minimum absolute atomic E-state index is 0.517. The van der Waals surface area contributed by atoms with E-state index in [-0.39, 0.29) is 0 Å². The lowest BCUT2D eigenvalue weighted by Gasteiger charge is -2.13. The summed E-state index contributed by atoms with van der Waals surface area (Å²) in [4.78, 5) is 21.9. The molecule has 0 radical (unpaired) electrons. The van der Waals surface area contributed by atoms with Crippen LogP contribution < -0.4 is 5.73 Å². The molecule has 80 valence electrons. The van der Waals surface area contributed by atoms with Crippen molar-refractivity contribution in [2.45, 2.75) is 6.10 Å². The van der Waals surface area contributed by atoms with Gasteiger partial charge in [-0.3, -0.25) is 0 Å². The van der Waals surface area contributed by atoms with Crippen LogP contribution in [-0.4, -0.2) is 19.2 Å². The maximum Gasteiger partial charge on any atom is 0.405 e. The Labute approximate surface area is 86.8 Å². The molecule has 0 saturated carbocycles. The number of hydrogen-bond acceptors (Lipinski definition) is 4. The van der Waals surface area contributed by atoms with Gasteiger partial charge in [0.15, 0.2) is 0 Å². The van der Waals surface area contributed by atoms with Crippen molar-refractivity contribution < 1.29 is 19.1 Å². The van der Waals surface area contributed by atoms with Crippen LogP contribution in [0.25, 0.3) is 0 Å². The normalized spacial score (nSPS) is 11.5. The van der Waals surface area contributed by atoms with Crippen LogP contribution in [0.2, 0.25) is 0 Å². The van der Waals surface area contributed by atoms with Crippen molar-refractivity contribution >= 4 is 12.1 Å². The molecule has 1 aromatic rings. The van der Waals surface area contributed by atoms with Crippen LogP contribution in [0.1, 0.15) is 11.7 Å². The third-order valence-corrected chi connectivity index (χ3v) is 1.75. The maximum absolute atomic E-state index is 11.3. The Morgan fingerprint density at radius 1 is 1.27 bits per heavy atom. The summed E-state index contributed by atoms with van der Waals surface area (Å²) in [5.41, 5.74) is 5.37. The highest BCUT2D eigenvalue weighted by Gasteiger charge is 2.24. The van der Waals surface area contributed by atoms with Gasteiger partial charge in [0.1, 0.15) is 0 Å². The van der Waals surface area contributed by atoms with Gasteiger partial charge in [-0.15, -0.1) is 0 Å². The van der Waals surface area contributed by atoms with Gasteiger partial charge in [-0.2, -0.15) is 0 Å². The van der Waals surface area contributed by atoms with Crippen molar-refractivity contribution in [3.05, 3.63) is 35.9 Å². The highest BCUT2D eigenvalue weighted by atomic mass is 16.6. The molecule has 5 nitrogen and oxygen atoms in total. The largest absolute Gasteiger partial charge is 0.466 e. The van der Waals surface area contributed by atoms with E-state index < -0.39 is 18.2 Å². The zero-order valence-electron chi connectivity index (χ0n) is 8.17. The molecule has 0 aliphatic heterocycles. The van der Waals surface area contributed by atoms with Crippen molar-refractivity contribution in [3.63, 3.8) is 0 Å². The third-order valence-electron chi connectivity index (χ3n) is 1.75. The van der Waals surface area contributed by atoms with E-state index in [1.807, 2.05) is 0 Å². The smallest absolute Gasteiger partial charge is 0.405 e. The zero-order valence-corrected chi connectivity index (χ0v) is 8.17. The zero-order chi connectivity index (χ0) is 11.3. The summed E-state index contributed by atoms with van der Waals surface area (Å²) in [6.45, 7) is 0. The molecule has 1 amide bonds.